The van der Waals surface area contributed by atoms with Crippen molar-refractivity contribution in [2.24, 2.45) is 5.73 Å². The zero-order chi connectivity index (χ0) is 10.7. The van der Waals surface area contributed by atoms with Crippen LogP contribution in [0.1, 0.15) is 23.4 Å². The molecule has 2 rings (SSSR count). The fourth-order valence-corrected chi connectivity index (χ4v) is 1.88. The summed E-state index contributed by atoms with van der Waals surface area (Å²) < 4.78 is 5.69. The fraction of sp³-hybridized carbons (Fsp3) is 0.444. The molecule has 0 bridgehead atoms. The number of nitrogens with two attached hydrogens (primary N) is 1. The van der Waals surface area contributed by atoms with E-state index in [-0.39, 0.29) is 6.04 Å². The largest absolute Gasteiger partial charge is 0.323 e. The van der Waals surface area contributed by atoms with Crippen molar-refractivity contribution < 1.29 is 0 Å². The molecule has 2 aromatic rings. The molecule has 2 N–H and O–H groups in total. The minimum Gasteiger partial charge on any atom is -0.323 e. The highest BCUT2D eigenvalue weighted by Crippen LogP contribution is 2.17. The first-order valence-electron chi connectivity index (χ1n) is 4.83. The molecular formula is C9H13N5S. The van der Waals surface area contributed by atoms with Gasteiger partial charge in [0, 0.05) is 18.8 Å². The van der Waals surface area contributed by atoms with Gasteiger partial charge in [0.2, 0.25) is 0 Å². The molecule has 15 heavy (non-hydrogen) atoms. The molecule has 0 aliphatic rings. The van der Waals surface area contributed by atoms with E-state index in [0.29, 0.717) is 0 Å². The number of hydrogen-bond donors (Lipinski definition) is 1. The van der Waals surface area contributed by atoms with E-state index in [1.54, 1.807) is 6.20 Å². The summed E-state index contributed by atoms with van der Waals surface area (Å²) in [6.07, 6.45) is 6.38. The molecule has 0 aliphatic heterocycles. The van der Waals surface area contributed by atoms with Crippen LogP contribution in [0.3, 0.4) is 0 Å². The van der Waals surface area contributed by atoms with Gasteiger partial charge in [-0.05, 0) is 30.4 Å². The minimum absolute atomic E-state index is 0.0282. The molecule has 0 radical (unpaired) electrons. The highest BCUT2D eigenvalue weighted by molar-refractivity contribution is 7.05. The normalized spacial score (nSPS) is 12.9. The molecule has 0 aromatic carbocycles. The summed E-state index contributed by atoms with van der Waals surface area (Å²) in [4.78, 5) is 1.01. The van der Waals surface area contributed by atoms with Crippen LogP contribution in [0.2, 0.25) is 0 Å². The van der Waals surface area contributed by atoms with Crippen molar-refractivity contribution in [3.05, 3.63) is 29.0 Å². The van der Waals surface area contributed by atoms with Gasteiger partial charge in [0.1, 0.15) is 0 Å². The van der Waals surface area contributed by atoms with E-state index >= 15 is 0 Å². The smallest absolute Gasteiger partial charge is 0.0669 e. The maximum Gasteiger partial charge on any atom is 0.0669 e. The lowest BCUT2D eigenvalue weighted by atomic mass is 10.1. The Labute approximate surface area is 92.1 Å². The lowest BCUT2D eigenvalue weighted by Crippen LogP contribution is -2.11. The van der Waals surface area contributed by atoms with Gasteiger partial charge in [-0.1, -0.05) is 4.49 Å². The monoisotopic (exact) mass is 223 g/mol. The van der Waals surface area contributed by atoms with Crippen LogP contribution < -0.4 is 5.73 Å². The van der Waals surface area contributed by atoms with Crippen LogP contribution in [0, 0.1) is 0 Å². The standard InChI is InChI=1S/C9H13N5S/c1-2-14-6-7(4-12-14)3-8(10)9-5-11-13-15-9/h4-6,8H,2-3,10H2,1H3. The maximum atomic E-state index is 6.02. The average molecular weight is 223 g/mol. The summed E-state index contributed by atoms with van der Waals surface area (Å²) in [7, 11) is 0. The third-order valence-corrected chi connectivity index (χ3v) is 3.01. The molecule has 1 unspecified atom stereocenters. The van der Waals surface area contributed by atoms with Gasteiger partial charge in [0.05, 0.1) is 17.3 Å². The van der Waals surface area contributed by atoms with Crippen molar-refractivity contribution in [1.29, 1.82) is 0 Å². The molecule has 80 valence electrons. The number of aryl methyl sites for hydroxylation is 1. The Kier molecular flexibility index (Phi) is 3.08. The van der Waals surface area contributed by atoms with Crippen LogP contribution in [0.4, 0.5) is 0 Å². The van der Waals surface area contributed by atoms with Gasteiger partial charge in [-0.2, -0.15) is 5.10 Å². The van der Waals surface area contributed by atoms with Gasteiger partial charge in [-0.25, -0.2) is 0 Å². The Morgan fingerprint density at radius 1 is 1.53 bits per heavy atom. The minimum atomic E-state index is -0.0282. The Morgan fingerprint density at radius 2 is 2.40 bits per heavy atom. The SMILES string of the molecule is CCn1cc(CC(N)c2cnns2)cn1. The van der Waals surface area contributed by atoms with E-state index in [1.165, 1.54) is 11.5 Å². The summed E-state index contributed by atoms with van der Waals surface area (Å²) in [5.74, 6) is 0. The molecule has 6 heteroatoms. The van der Waals surface area contributed by atoms with E-state index in [1.807, 2.05) is 17.1 Å². The zero-order valence-corrected chi connectivity index (χ0v) is 9.31. The first-order valence-corrected chi connectivity index (χ1v) is 5.61. The van der Waals surface area contributed by atoms with Crippen molar-refractivity contribution in [3.8, 4) is 0 Å². The predicted molar refractivity (Wildman–Crippen MR) is 58.4 cm³/mol. The summed E-state index contributed by atoms with van der Waals surface area (Å²) >= 11 is 1.35. The van der Waals surface area contributed by atoms with Crippen molar-refractivity contribution in [2.45, 2.75) is 25.9 Å². The molecule has 0 spiro atoms. The average Bonchev–Trinajstić information content (AvgIpc) is 2.87. The Balaban J connectivity index is 2.02. The third kappa shape index (κ3) is 2.40. The zero-order valence-electron chi connectivity index (χ0n) is 8.50. The van der Waals surface area contributed by atoms with Crippen LogP contribution in [0.5, 0.6) is 0 Å². The van der Waals surface area contributed by atoms with Gasteiger partial charge in [0.25, 0.3) is 0 Å². The van der Waals surface area contributed by atoms with Gasteiger partial charge in [-0.15, -0.1) is 5.10 Å². The lowest BCUT2D eigenvalue weighted by Gasteiger charge is -2.05. The van der Waals surface area contributed by atoms with E-state index in [0.717, 1.165) is 23.4 Å². The van der Waals surface area contributed by atoms with Crippen molar-refractivity contribution >= 4 is 11.5 Å². The van der Waals surface area contributed by atoms with E-state index in [4.69, 9.17) is 5.73 Å². The van der Waals surface area contributed by atoms with Crippen LogP contribution in [-0.2, 0) is 13.0 Å². The van der Waals surface area contributed by atoms with Gasteiger partial charge in [0.15, 0.2) is 0 Å². The molecule has 0 aliphatic carbocycles. The van der Waals surface area contributed by atoms with E-state index in [2.05, 4.69) is 21.6 Å². The highest BCUT2D eigenvalue weighted by Gasteiger charge is 2.10. The Bertz CT molecular complexity index is 408. The van der Waals surface area contributed by atoms with Crippen molar-refractivity contribution in [2.75, 3.05) is 0 Å². The van der Waals surface area contributed by atoms with E-state index < -0.39 is 0 Å². The summed E-state index contributed by atoms with van der Waals surface area (Å²) in [5, 5.41) is 7.98. The predicted octanol–water partition coefficient (Wildman–Crippen LogP) is 0.997. The second-order valence-corrected chi connectivity index (χ2v) is 4.15. The van der Waals surface area contributed by atoms with Crippen LogP contribution >= 0.6 is 11.5 Å². The molecular weight excluding hydrogens is 210 g/mol. The summed E-state index contributed by atoms with van der Waals surface area (Å²) in [6.45, 7) is 2.95. The van der Waals surface area contributed by atoms with Gasteiger partial charge < -0.3 is 5.73 Å². The van der Waals surface area contributed by atoms with Crippen LogP contribution in [0.25, 0.3) is 0 Å². The number of rotatable bonds is 4. The van der Waals surface area contributed by atoms with E-state index in [9.17, 15) is 0 Å². The molecule has 0 saturated heterocycles. The molecule has 0 saturated carbocycles. The first kappa shape index (κ1) is 10.3. The lowest BCUT2D eigenvalue weighted by molar-refractivity contribution is 0.657. The van der Waals surface area contributed by atoms with Crippen molar-refractivity contribution in [1.82, 2.24) is 19.4 Å². The molecule has 5 nitrogen and oxygen atoms in total. The third-order valence-electron chi connectivity index (χ3n) is 2.21. The van der Waals surface area contributed by atoms with Gasteiger partial charge in [-0.3, -0.25) is 4.68 Å². The fourth-order valence-electron chi connectivity index (χ4n) is 1.38. The second-order valence-electron chi connectivity index (χ2n) is 3.33. The first-order chi connectivity index (χ1) is 7.29. The molecule has 2 aromatic heterocycles. The number of hydrogen-bond acceptors (Lipinski definition) is 5. The highest BCUT2D eigenvalue weighted by atomic mass is 32.1. The molecule has 0 fully saturated rings. The maximum absolute atomic E-state index is 6.02. The topological polar surface area (TPSA) is 69.6 Å². The molecule has 2 heterocycles. The summed E-state index contributed by atoms with van der Waals surface area (Å²) in [6, 6.07) is -0.0282. The van der Waals surface area contributed by atoms with Crippen LogP contribution in [-0.4, -0.2) is 19.4 Å². The second kappa shape index (κ2) is 4.50. The quantitative estimate of drug-likeness (QED) is 0.839. The Morgan fingerprint density at radius 3 is 3.00 bits per heavy atom. The summed E-state index contributed by atoms with van der Waals surface area (Å²) in [5.41, 5.74) is 7.17. The molecule has 1 atom stereocenters. The number of nitrogens with zero attached hydrogens (tertiary/aromatic N) is 4. The van der Waals surface area contributed by atoms with Crippen molar-refractivity contribution in [3.63, 3.8) is 0 Å². The molecule has 0 amide bonds. The van der Waals surface area contributed by atoms with Crippen LogP contribution in [0.15, 0.2) is 18.6 Å². The Hall–Kier alpha value is -1.27. The van der Waals surface area contributed by atoms with Gasteiger partial charge >= 0.3 is 0 Å². The number of aromatic nitrogens is 4.